The zero-order chi connectivity index (χ0) is 14.3. The molecule has 2 heterocycles. The summed E-state index contributed by atoms with van der Waals surface area (Å²) in [4.78, 5) is 14.7. The zero-order valence-electron chi connectivity index (χ0n) is 11.8. The molecule has 0 fully saturated rings. The summed E-state index contributed by atoms with van der Waals surface area (Å²) >= 11 is 0. The second kappa shape index (κ2) is 4.63. The molecule has 0 aliphatic carbocycles. The monoisotopic (exact) mass is 273 g/mol. The minimum absolute atomic E-state index is 0.00235. The number of benzene rings is 1. The fourth-order valence-corrected chi connectivity index (χ4v) is 3.28. The van der Waals surface area contributed by atoms with Crippen LogP contribution < -0.4 is 0 Å². The van der Waals surface area contributed by atoms with Crippen LogP contribution in [0.15, 0.2) is 18.2 Å². The van der Waals surface area contributed by atoms with Crippen LogP contribution in [-0.2, 0) is 21.6 Å². The summed E-state index contributed by atoms with van der Waals surface area (Å²) in [5.74, 6) is -0.824. The van der Waals surface area contributed by atoms with E-state index in [9.17, 15) is 9.90 Å². The van der Waals surface area contributed by atoms with Crippen molar-refractivity contribution in [2.45, 2.75) is 38.7 Å². The summed E-state index contributed by atoms with van der Waals surface area (Å²) in [5.41, 5.74) is 3.74. The van der Waals surface area contributed by atoms with E-state index in [1.54, 1.807) is 0 Å². The Labute approximate surface area is 117 Å². The Bertz CT molecular complexity index is 674. The first-order valence-corrected chi connectivity index (χ1v) is 7.04. The molecule has 1 aromatic carbocycles. The van der Waals surface area contributed by atoms with Crippen molar-refractivity contribution in [3.8, 4) is 0 Å². The number of para-hydroxylation sites is 1. The Balaban J connectivity index is 2.24. The van der Waals surface area contributed by atoms with E-state index in [-0.39, 0.29) is 6.42 Å². The molecule has 2 N–H and O–H groups in total. The molecule has 0 radical (unpaired) electrons. The van der Waals surface area contributed by atoms with E-state index in [0.29, 0.717) is 13.0 Å². The Morgan fingerprint density at radius 2 is 2.30 bits per heavy atom. The Hall–Kier alpha value is -1.81. The summed E-state index contributed by atoms with van der Waals surface area (Å²) < 4.78 is 5.91. The van der Waals surface area contributed by atoms with Gasteiger partial charge in [0.25, 0.3) is 0 Å². The third kappa shape index (κ3) is 1.83. The summed E-state index contributed by atoms with van der Waals surface area (Å²) in [6, 6.07) is 6.21. The SMILES string of the molecule is CC[C@]1(CC(=O)O)OCCc2c1[nH]c1c(C)cccc21. The van der Waals surface area contributed by atoms with Crippen molar-refractivity contribution < 1.29 is 14.6 Å². The number of carbonyl (C=O) groups is 1. The number of rotatable bonds is 3. The molecule has 0 saturated carbocycles. The van der Waals surface area contributed by atoms with Crippen molar-refractivity contribution in [1.29, 1.82) is 0 Å². The number of aliphatic carboxylic acids is 1. The molecule has 0 amide bonds. The number of ether oxygens (including phenoxy) is 1. The number of hydrogen-bond donors (Lipinski definition) is 2. The third-order valence-electron chi connectivity index (χ3n) is 4.34. The first-order chi connectivity index (χ1) is 9.57. The maximum atomic E-state index is 11.2. The number of hydrogen-bond acceptors (Lipinski definition) is 2. The number of aromatic nitrogens is 1. The molecular weight excluding hydrogens is 254 g/mol. The number of aromatic amines is 1. The average Bonchev–Trinajstić information content (AvgIpc) is 2.80. The fraction of sp³-hybridized carbons (Fsp3) is 0.438. The van der Waals surface area contributed by atoms with Crippen LogP contribution >= 0.6 is 0 Å². The summed E-state index contributed by atoms with van der Waals surface area (Å²) in [7, 11) is 0. The van der Waals surface area contributed by atoms with E-state index in [4.69, 9.17) is 4.74 Å². The van der Waals surface area contributed by atoms with Gasteiger partial charge in [0.2, 0.25) is 0 Å². The van der Waals surface area contributed by atoms with Gasteiger partial charge in [0, 0.05) is 10.9 Å². The molecule has 3 rings (SSSR count). The van der Waals surface area contributed by atoms with Gasteiger partial charge in [0.1, 0.15) is 5.60 Å². The minimum atomic E-state index is -0.824. The molecule has 4 nitrogen and oxygen atoms in total. The van der Waals surface area contributed by atoms with Gasteiger partial charge in [0.05, 0.1) is 18.7 Å². The van der Waals surface area contributed by atoms with Crippen molar-refractivity contribution in [2.24, 2.45) is 0 Å². The summed E-state index contributed by atoms with van der Waals surface area (Å²) in [5, 5.41) is 10.4. The van der Waals surface area contributed by atoms with Crippen LogP contribution in [0.4, 0.5) is 0 Å². The normalized spacial score (nSPS) is 21.9. The third-order valence-corrected chi connectivity index (χ3v) is 4.34. The molecule has 1 atom stereocenters. The maximum absolute atomic E-state index is 11.2. The molecule has 1 aliphatic heterocycles. The van der Waals surface area contributed by atoms with Gasteiger partial charge >= 0.3 is 5.97 Å². The van der Waals surface area contributed by atoms with Crippen molar-refractivity contribution in [3.05, 3.63) is 35.0 Å². The number of nitrogens with one attached hydrogen (secondary N) is 1. The predicted molar refractivity (Wildman–Crippen MR) is 76.9 cm³/mol. The Morgan fingerprint density at radius 3 is 3.00 bits per heavy atom. The number of carboxylic acid groups (broad SMARTS) is 1. The van der Waals surface area contributed by atoms with Crippen LogP contribution in [0.2, 0.25) is 0 Å². The molecule has 106 valence electrons. The van der Waals surface area contributed by atoms with Gasteiger partial charge < -0.3 is 14.8 Å². The second-order valence-corrected chi connectivity index (χ2v) is 5.49. The molecular formula is C16H19NO3. The largest absolute Gasteiger partial charge is 0.481 e. The highest BCUT2D eigenvalue weighted by atomic mass is 16.5. The van der Waals surface area contributed by atoms with Crippen molar-refractivity contribution in [3.63, 3.8) is 0 Å². The molecule has 0 saturated heterocycles. The minimum Gasteiger partial charge on any atom is -0.481 e. The lowest BCUT2D eigenvalue weighted by Crippen LogP contribution is -2.37. The van der Waals surface area contributed by atoms with Gasteiger partial charge in [-0.25, -0.2) is 0 Å². The highest BCUT2D eigenvalue weighted by Gasteiger charge is 2.40. The van der Waals surface area contributed by atoms with Crippen molar-refractivity contribution >= 4 is 16.9 Å². The summed E-state index contributed by atoms with van der Waals surface area (Å²) in [6.07, 6.45) is 1.49. The van der Waals surface area contributed by atoms with Gasteiger partial charge in [-0.05, 0) is 30.9 Å². The van der Waals surface area contributed by atoms with Crippen LogP contribution in [0.25, 0.3) is 10.9 Å². The quantitative estimate of drug-likeness (QED) is 0.903. The lowest BCUT2D eigenvalue weighted by molar-refractivity contribution is -0.148. The summed E-state index contributed by atoms with van der Waals surface area (Å²) in [6.45, 7) is 4.63. The molecule has 0 spiro atoms. The molecule has 1 aliphatic rings. The van der Waals surface area contributed by atoms with Crippen molar-refractivity contribution in [1.82, 2.24) is 4.98 Å². The van der Waals surface area contributed by atoms with E-state index >= 15 is 0 Å². The van der Waals surface area contributed by atoms with Crippen molar-refractivity contribution in [2.75, 3.05) is 6.61 Å². The highest BCUT2D eigenvalue weighted by Crippen LogP contribution is 2.41. The van der Waals surface area contributed by atoms with E-state index in [2.05, 4.69) is 24.0 Å². The van der Waals surface area contributed by atoms with Crippen LogP contribution in [0.3, 0.4) is 0 Å². The number of aryl methyl sites for hydroxylation is 1. The Morgan fingerprint density at radius 1 is 1.50 bits per heavy atom. The zero-order valence-corrected chi connectivity index (χ0v) is 11.8. The lowest BCUT2D eigenvalue weighted by Gasteiger charge is -2.35. The van der Waals surface area contributed by atoms with Crippen LogP contribution in [0.5, 0.6) is 0 Å². The first kappa shape index (κ1) is 13.2. The fourth-order valence-electron chi connectivity index (χ4n) is 3.28. The van der Waals surface area contributed by atoms with E-state index < -0.39 is 11.6 Å². The van der Waals surface area contributed by atoms with Gasteiger partial charge in [-0.1, -0.05) is 25.1 Å². The standard InChI is InChI=1S/C16H19NO3/c1-3-16(9-13(18)19)15-12(7-8-20-16)11-6-4-5-10(2)14(11)17-15/h4-6,17H,3,7-9H2,1-2H3,(H,18,19)/t16-/m1/s1. The smallest absolute Gasteiger partial charge is 0.306 e. The van der Waals surface area contributed by atoms with Gasteiger partial charge in [0.15, 0.2) is 0 Å². The molecule has 2 aromatic rings. The predicted octanol–water partition coefficient (Wildman–Crippen LogP) is 3.13. The van der Waals surface area contributed by atoms with E-state index in [0.717, 1.165) is 17.6 Å². The molecule has 20 heavy (non-hydrogen) atoms. The van der Waals surface area contributed by atoms with Gasteiger partial charge in [-0.3, -0.25) is 4.79 Å². The number of carboxylic acids is 1. The number of H-pyrrole nitrogens is 1. The molecule has 0 unspecified atom stereocenters. The lowest BCUT2D eigenvalue weighted by atomic mass is 9.86. The van der Waals surface area contributed by atoms with Crippen LogP contribution in [0, 0.1) is 6.92 Å². The first-order valence-electron chi connectivity index (χ1n) is 7.04. The van der Waals surface area contributed by atoms with Crippen LogP contribution in [0.1, 0.15) is 36.6 Å². The van der Waals surface area contributed by atoms with Crippen LogP contribution in [-0.4, -0.2) is 22.7 Å². The molecule has 4 heteroatoms. The Kier molecular flexibility index (Phi) is 3.05. The molecule has 1 aromatic heterocycles. The maximum Gasteiger partial charge on any atom is 0.306 e. The van der Waals surface area contributed by atoms with E-state index in [1.165, 1.54) is 16.5 Å². The second-order valence-electron chi connectivity index (χ2n) is 5.49. The van der Waals surface area contributed by atoms with Gasteiger partial charge in [-0.2, -0.15) is 0 Å². The average molecular weight is 273 g/mol. The number of fused-ring (bicyclic) bond motifs is 3. The highest BCUT2D eigenvalue weighted by molar-refractivity contribution is 5.88. The molecule has 0 bridgehead atoms. The van der Waals surface area contributed by atoms with Gasteiger partial charge in [-0.15, -0.1) is 0 Å². The topological polar surface area (TPSA) is 62.3 Å². The van der Waals surface area contributed by atoms with E-state index in [1.807, 2.05) is 13.0 Å².